The van der Waals surface area contributed by atoms with Gasteiger partial charge in [-0.05, 0) is 12.1 Å². The van der Waals surface area contributed by atoms with Gasteiger partial charge in [0.25, 0.3) is 11.6 Å². The Hall–Kier alpha value is -2.23. The van der Waals surface area contributed by atoms with Crippen LogP contribution in [0.3, 0.4) is 0 Å². The molecule has 9 nitrogen and oxygen atoms in total. The van der Waals surface area contributed by atoms with E-state index in [0.29, 0.717) is 51.5 Å². The number of nitrogens with zero attached hydrogens (tertiary/aromatic N) is 3. The monoisotopic (exact) mass is 384 g/mol. The van der Waals surface area contributed by atoms with Crippen LogP contribution in [0.5, 0.6) is 0 Å². The Morgan fingerprint density at radius 2 is 1.73 bits per heavy atom. The molecule has 1 N–H and O–H groups in total. The summed E-state index contributed by atoms with van der Waals surface area (Å²) in [5, 5.41) is 13.8. The number of nitro benzene ring substituents is 1. The van der Waals surface area contributed by atoms with Gasteiger partial charge in [0.2, 0.25) is 5.91 Å². The second-order valence-electron chi connectivity index (χ2n) is 6.00. The molecule has 2 heterocycles. The maximum Gasteiger partial charge on any atom is 0.269 e. The third-order valence-corrected chi connectivity index (χ3v) is 4.42. The van der Waals surface area contributed by atoms with Crippen molar-refractivity contribution in [2.45, 2.75) is 6.04 Å². The van der Waals surface area contributed by atoms with Crippen molar-refractivity contribution in [3.8, 4) is 0 Å². The number of benzene rings is 1. The molecule has 0 aromatic heterocycles. The van der Waals surface area contributed by atoms with Crippen LogP contribution in [-0.4, -0.2) is 78.5 Å². The van der Waals surface area contributed by atoms with Gasteiger partial charge in [-0.2, -0.15) is 0 Å². The third-order valence-electron chi connectivity index (χ3n) is 4.42. The van der Waals surface area contributed by atoms with Gasteiger partial charge >= 0.3 is 0 Å². The zero-order chi connectivity index (χ0) is 17.8. The summed E-state index contributed by atoms with van der Waals surface area (Å²) in [4.78, 5) is 38.5. The third kappa shape index (κ3) is 4.48. The number of amides is 2. The van der Waals surface area contributed by atoms with Crippen LogP contribution in [0.4, 0.5) is 5.69 Å². The van der Waals surface area contributed by atoms with Crippen molar-refractivity contribution in [3.05, 3.63) is 39.9 Å². The van der Waals surface area contributed by atoms with Gasteiger partial charge in [-0.15, -0.1) is 12.4 Å². The van der Waals surface area contributed by atoms with Gasteiger partial charge in [0.05, 0.1) is 18.1 Å². The minimum atomic E-state index is -0.498. The molecule has 142 valence electrons. The molecule has 2 amide bonds. The summed E-state index contributed by atoms with van der Waals surface area (Å²) in [6, 6.07) is 5.25. The number of ether oxygens (including phenoxy) is 1. The quantitative estimate of drug-likeness (QED) is 0.593. The second-order valence-corrected chi connectivity index (χ2v) is 6.00. The average Bonchev–Trinajstić information content (AvgIpc) is 2.67. The number of halogens is 1. The van der Waals surface area contributed by atoms with Crippen LogP contribution in [0.15, 0.2) is 24.3 Å². The molecular formula is C16H21ClN4O5. The van der Waals surface area contributed by atoms with Crippen molar-refractivity contribution in [2.24, 2.45) is 0 Å². The van der Waals surface area contributed by atoms with E-state index < -0.39 is 4.92 Å². The zero-order valence-electron chi connectivity index (χ0n) is 14.1. The molecule has 2 aliphatic rings. The molecule has 0 radical (unpaired) electrons. The van der Waals surface area contributed by atoms with Crippen molar-refractivity contribution in [1.29, 1.82) is 0 Å². The molecule has 2 fully saturated rings. The molecule has 0 saturated carbocycles. The molecule has 1 atom stereocenters. The van der Waals surface area contributed by atoms with Gasteiger partial charge in [0.15, 0.2) is 0 Å². The van der Waals surface area contributed by atoms with E-state index in [9.17, 15) is 19.7 Å². The first kappa shape index (κ1) is 20.1. The van der Waals surface area contributed by atoms with E-state index in [0.717, 1.165) is 0 Å². The molecule has 1 unspecified atom stereocenters. The van der Waals surface area contributed by atoms with E-state index in [1.54, 1.807) is 9.80 Å². The number of morpholine rings is 1. The van der Waals surface area contributed by atoms with Crippen LogP contribution in [0.1, 0.15) is 10.4 Å². The highest BCUT2D eigenvalue weighted by molar-refractivity contribution is 5.94. The Bertz CT molecular complexity index is 655. The predicted molar refractivity (Wildman–Crippen MR) is 95.4 cm³/mol. The summed E-state index contributed by atoms with van der Waals surface area (Å²) in [7, 11) is 0. The summed E-state index contributed by atoms with van der Waals surface area (Å²) in [6.45, 7) is 3.47. The smallest absolute Gasteiger partial charge is 0.269 e. The Balaban J connectivity index is 0.00000243. The summed E-state index contributed by atoms with van der Waals surface area (Å²) in [5.41, 5.74) is 0.363. The maximum absolute atomic E-state index is 12.5. The van der Waals surface area contributed by atoms with Gasteiger partial charge in [-0.25, -0.2) is 0 Å². The summed E-state index contributed by atoms with van der Waals surface area (Å²) < 4.78 is 5.32. The molecular weight excluding hydrogens is 364 g/mol. The SMILES string of the molecule is Cl.O=C(c1ccc([N+](=O)[O-])cc1)N1CCN(C(=O)C2COCCN2)CC1. The van der Waals surface area contributed by atoms with E-state index in [1.165, 1.54) is 24.3 Å². The molecule has 1 aromatic rings. The first-order valence-electron chi connectivity index (χ1n) is 8.20. The van der Waals surface area contributed by atoms with Crippen LogP contribution < -0.4 is 5.32 Å². The summed E-state index contributed by atoms with van der Waals surface area (Å²) in [6.07, 6.45) is 0. The number of carbonyl (C=O) groups excluding carboxylic acids is 2. The lowest BCUT2D eigenvalue weighted by atomic mass is 10.1. The fraction of sp³-hybridized carbons (Fsp3) is 0.500. The predicted octanol–water partition coefficient (Wildman–Crippen LogP) is 0.289. The molecule has 10 heteroatoms. The molecule has 1 aromatic carbocycles. The number of nitro groups is 1. The zero-order valence-corrected chi connectivity index (χ0v) is 14.9. The highest BCUT2D eigenvalue weighted by atomic mass is 35.5. The number of rotatable bonds is 3. The van der Waals surface area contributed by atoms with Crippen LogP contribution in [0.2, 0.25) is 0 Å². The fourth-order valence-electron chi connectivity index (χ4n) is 2.98. The highest BCUT2D eigenvalue weighted by Gasteiger charge is 2.30. The van der Waals surface area contributed by atoms with E-state index in [4.69, 9.17) is 4.74 Å². The normalized spacial score (nSPS) is 20.2. The number of nitrogens with one attached hydrogen (secondary N) is 1. The molecule has 2 saturated heterocycles. The molecule has 0 aliphatic carbocycles. The van der Waals surface area contributed by atoms with Crippen molar-refractivity contribution in [1.82, 2.24) is 15.1 Å². The van der Waals surface area contributed by atoms with Gasteiger partial charge in [0.1, 0.15) is 6.04 Å². The van der Waals surface area contributed by atoms with Crippen molar-refractivity contribution < 1.29 is 19.2 Å². The first-order valence-corrected chi connectivity index (χ1v) is 8.20. The van der Waals surface area contributed by atoms with Crippen LogP contribution in [-0.2, 0) is 9.53 Å². The lowest BCUT2D eigenvalue weighted by Gasteiger charge is -2.37. The molecule has 3 rings (SSSR count). The first-order chi connectivity index (χ1) is 12.1. The Morgan fingerprint density at radius 1 is 1.12 bits per heavy atom. The van der Waals surface area contributed by atoms with Gasteiger partial charge in [-0.3, -0.25) is 19.7 Å². The molecule has 2 aliphatic heterocycles. The molecule has 26 heavy (non-hydrogen) atoms. The Kier molecular flexibility index (Phi) is 6.90. The lowest BCUT2D eigenvalue weighted by Crippen LogP contribution is -2.57. The van der Waals surface area contributed by atoms with Crippen molar-refractivity contribution in [3.63, 3.8) is 0 Å². The number of piperazine rings is 1. The highest BCUT2D eigenvalue weighted by Crippen LogP contribution is 2.15. The minimum Gasteiger partial charge on any atom is -0.378 e. The van der Waals surface area contributed by atoms with E-state index in [1.807, 2.05) is 0 Å². The largest absolute Gasteiger partial charge is 0.378 e. The number of carbonyl (C=O) groups is 2. The maximum atomic E-state index is 12.5. The number of non-ortho nitro benzene ring substituents is 1. The van der Waals surface area contributed by atoms with E-state index in [-0.39, 0.29) is 36.0 Å². The molecule has 0 spiro atoms. The van der Waals surface area contributed by atoms with Crippen molar-refractivity contribution in [2.75, 3.05) is 45.9 Å². The lowest BCUT2D eigenvalue weighted by molar-refractivity contribution is -0.384. The van der Waals surface area contributed by atoms with Crippen molar-refractivity contribution >= 4 is 29.9 Å². The van der Waals surface area contributed by atoms with Gasteiger partial charge in [-0.1, -0.05) is 0 Å². The molecule has 0 bridgehead atoms. The van der Waals surface area contributed by atoms with Crippen LogP contribution in [0.25, 0.3) is 0 Å². The standard InChI is InChI=1S/C16H20N4O5.ClH/c21-15(12-1-3-13(4-2-12)20(23)24)18-6-8-19(9-7-18)16(22)14-11-25-10-5-17-14;/h1-4,14,17H,5-11H2;1H. The van der Waals surface area contributed by atoms with Crippen LogP contribution >= 0.6 is 12.4 Å². The minimum absolute atomic E-state index is 0. The average molecular weight is 385 g/mol. The van der Waals surface area contributed by atoms with E-state index in [2.05, 4.69) is 5.32 Å². The van der Waals surface area contributed by atoms with Gasteiger partial charge < -0.3 is 19.9 Å². The van der Waals surface area contributed by atoms with Gasteiger partial charge in [0, 0.05) is 50.4 Å². The Labute approximate surface area is 156 Å². The summed E-state index contributed by atoms with van der Waals surface area (Å²) >= 11 is 0. The fourth-order valence-corrected chi connectivity index (χ4v) is 2.98. The topological polar surface area (TPSA) is 105 Å². The second kappa shape index (κ2) is 8.93. The number of hydrogen-bond acceptors (Lipinski definition) is 6. The summed E-state index contributed by atoms with van der Waals surface area (Å²) in [5.74, 6) is -0.178. The van der Waals surface area contributed by atoms with E-state index >= 15 is 0 Å². The van der Waals surface area contributed by atoms with Crippen LogP contribution in [0, 0.1) is 10.1 Å². The Morgan fingerprint density at radius 3 is 2.27 bits per heavy atom. The number of hydrogen-bond donors (Lipinski definition) is 1.